The van der Waals surface area contributed by atoms with Crippen LogP contribution in [0.2, 0.25) is 10.0 Å². The summed E-state index contributed by atoms with van der Waals surface area (Å²) < 4.78 is 4.91. The molecule has 1 atom stereocenters. The standard InChI is InChI=1S/C20H20Cl2N2O4/c1-13(14-5-3-2-4-6-14)23-19(26)12-28-20(27)10-9-18(25)24-17-11-15(21)7-8-16(17)22/h2-8,11,13H,9-10,12H2,1H3,(H,23,26)(H,24,25). The number of hydrogen-bond acceptors (Lipinski definition) is 4. The quantitative estimate of drug-likeness (QED) is 0.626. The minimum Gasteiger partial charge on any atom is -0.456 e. The molecule has 6 nitrogen and oxygen atoms in total. The summed E-state index contributed by atoms with van der Waals surface area (Å²) in [6.07, 6.45) is -0.269. The van der Waals surface area contributed by atoms with Crippen LogP contribution in [-0.4, -0.2) is 24.4 Å². The normalized spacial score (nSPS) is 11.4. The van der Waals surface area contributed by atoms with Crippen molar-refractivity contribution in [1.82, 2.24) is 5.32 Å². The molecule has 0 aliphatic rings. The van der Waals surface area contributed by atoms with Gasteiger partial charge in [-0.05, 0) is 30.7 Å². The maximum Gasteiger partial charge on any atom is 0.306 e. The predicted molar refractivity (Wildman–Crippen MR) is 108 cm³/mol. The molecule has 0 radical (unpaired) electrons. The van der Waals surface area contributed by atoms with Gasteiger partial charge in [-0.25, -0.2) is 0 Å². The molecule has 0 fully saturated rings. The molecule has 0 aromatic heterocycles. The van der Waals surface area contributed by atoms with Gasteiger partial charge >= 0.3 is 5.97 Å². The second kappa shape index (κ2) is 10.7. The predicted octanol–water partition coefficient (Wildman–Crippen LogP) is 4.13. The fourth-order valence-electron chi connectivity index (χ4n) is 2.35. The van der Waals surface area contributed by atoms with Crippen LogP contribution in [0.5, 0.6) is 0 Å². The summed E-state index contributed by atoms with van der Waals surface area (Å²) >= 11 is 11.8. The van der Waals surface area contributed by atoms with Gasteiger partial charge in [-0.1, -0.05) is 53.5 Å². The molecule has 2 amide bonds. The van der Waals surface area contributed by atoms with E-state index in [1.807, 2.05) is 37.3 Å². The molecule has 0 aliphatic heterocycles. The van der Waals surface area contributed by atoms with Crippen molar-refractivity contribution < 1.29 is 19.1 Å². The molecule has 2 aromatic rings. The van der Waals surface area contributed by atoms with Gasteiger partial charge in [0.2, 0.25) is 5.91 Å². The summed E-state index contributed by atoms with van der Waals surface area (Å²) in [5.74, 6) is -1.47. The first-order chi connectivity index (χ1) is 13.3. The number of nitrogens with one attached hydrogen (secondary N) is 2. The second-order valence-electron chi connectivity index (χ2n) is 6.03. The molecule has 0 spiro atoms. The number of carbonyl (C=O) groups excluding carboxylic acids is 3. The molecule has 0 heterocycles. The number of benzene rings is 2. The molecule has 0 aliphatic carbocycles. The van der Waals surface area contributed by atoms with Crippen LogP contribution < -0.4 is 10.6 Å². The molecule has 1 unspecified atom stereocenters. The van der Waals surface area contributed by atoms with Gasteiger partial charge in [-0.2, -0.15) is 0 Å². The Hall–Kier alpha value is -2.57. The molecule has 0 saturated heterocycles. The minimum absolute atomic E-state index is 0.107. The molecule has 8 heteroatoms. The van der Waals surface area contributed by atoms with Gasteiger partial charge in [-0.15, -0.1) is 0 Å². The van der Waals surface area contributed by atoms with E-state index < -0.39 is 24.4 Å². The summed E-state index contributed by atoms with van der Waals surface area (Å²) in [5, 5.41) is 6.07. The van der Waals surface area contributed by atoms with Crippen molar-refractivity contribution in [2.75, 3.05) is 11.9 Å². The first kappa shape index (κ1) is 21.7. The van der Waals surface area contributed by atoms with Crippen LogP contribution in [0.4, 0.5) is 5.69 Å². The van der Waals surface area contributed by atoms with Crippen LogP contribution in [0.1, 0.15) is 31.4 Å². The van der Waals surface area contributed by atoms with Gasteiger partial charge < -0.3 is 15.4 Å². The number of hydrogen-bond donors (Lipinski definition) is 2. The SMILES string of the molecule is CC(NC(=O)COC(=O)CCC(=O)Nc1cc(Cl)ccc1Cl)c1ccccc1. The van der Waals surface area contributed by atoms with Gasteiger partial charge in [-0.3, -0.25) is 14.4 Å². The monoisotopic (exact) mass is 422 g/mol. The van der Waals surface area contributed by atoms with E-state index >= 15 is 0 Å². The number of halogens is 2. The van der Waals surface area contributed by atoms with Gasteiger partial charge in [0, 0.05) is 11.4 Å². The lowest BCUT2D eigenvalue weighted by Gasteiger charge is -2.14. The minimum atomic E-state index is -0.644. The van der Waals surface area contributed by atoms with Crippen molar-refractivity contribution in [2.24, 2.45) is 0 Å². The van der Waals surface area contributed by atoms with E-state index in [1.165, 1.54) is 6.07 Å². The van der Waals surface area contributed by atoms with Crippen LogP contribution in [0.25, 0.3) is 0 Å². The lowest BCUT2D eigenvalue weighted by molar-refractivity contribution is -0.149. The van der Waals surface area contributed by atoms with Crippen LogP contribution in [0.3, 0.4) is 0 Å². The Morgan fingerprint density at radius 3 is 2.43 bits per heavy atom. The van der Waals surface area contributed by atoms with E-state index in [0.717, 1.165) is 5.56 Å². The number of anilines is 1. The van der Waals surface area contributed by atoms with Crippen LogP contribution in [0, 0.1) is 0 Å². The molecule has 2 aromatic carbocycles. The molecular weight excluding hydrogens is 403 g/mol. The van der Waals surface area contributed by atoms with Gasteiger partial charge in [0.05, 0.1) is 23.2 Å². The third kappa shape index (κ3) is 7.21. The van der Waals surface area contributed by atoms with Crippen LogP contribution >= 0.6 is 23.2 Å². The summed E-state index contributed by atoms with van der Waals surface area (Å²) in [7, 11) is 0. The molecule has 2 N–H and O–H groups in total. The Bertz CT molecular complexity index is 843. The van der Waals surface area contributed by atoms with Crippen molar-refractivity contribution in [2.45, 2.75) is 25.8 Å². The van der Waals surface area contributed by atoms with Crippen LogP contribution in [0.15, 0.2) is 48.5 Å². The van der Waals surface area contributed by atoms with Crippen molar-refractivity contribution in [3.05, 3.63) is 64.1 Å². The zero-order valence-electron chi connectivity index (χ0n) is 15.2. The number of rotatable bonds is 8. The van der Waals surface area contributed by atoms with E-state index in [9.17, 15) is 14.4 Å². The average molecular weight is 423 g/mol. The molecule has 2 rings (SSSR count). The van der Waals surface area contributed by atoms with Crippen molar-refractivity contribution in [3.63, 3.8) is 0 Å². The maximum absolute atomic E-state index is 11.9. The largest absolute Gasteiger partial charge is 0.456 e. The summed E-state index contributed by atoms with van der Waals surface area (Å²) in [6.45, 7) is 1.43. The van der Waals surface area contributed by atoms with Crippen molar-refractivity contribution in [1.29, 1.82) is 0 Å². The first-order valence-electron chi connectivity index (χ1n) is 8.60. The third-order valence-electron chi connectivity index (χ3n) is 3.80. The summed E-state index contributed by atoms with van der Waals surface area (Å²) in [5.41, 5.74) is 1.31. The Kier molecular flexibility index (Phi) is 8.29. The third-order valence-corrected chi connectivity index (χ3v) is 4.36. The Labute approximate surface area is 173 Å². The molecule has 28 heavy (non-hydrogen) atoms. The summed E-state index contributed by atoms with van der Waals surface area (Å²) in [6, 6.07) is 13.9. The number of esters is 1. The van der Waals surface area contributed by atoms with Gasteiger partial charge in [0.25, 0.3) is 5.91 Å². The van der Waals surface area contributed by atoms with Crippen molar-refractivity contribution >= 4 is 46.7 Å². The Morgan fingerprint density at radius 1 is 1.00 bits per heavy atom. The van der Waals surface area contributed by atoms with E-state index in [1.54, 1.807) is 12.1 Å². The smallest absolute Gasteiger partial charge is 0.306 e. The number of ether oxygens (including phenoxy) is 1. The van der Waals surface area contributed by atoms with E-state index in [0.29, 0.717) is 15.7 Å². The molecular formula is C20H20Cl2N2O4. The Morgan fingerprint density at radius 2 is 1.71 bits per heavy atom. The Balaban J connectivity index is 1.70. The number of carbonyl (C=O) groups is 3. The average Bonchev–Trinajstić information content (AvgIpc) is 2.68. The molecule has 148 valence electrons. The van der Waals surface area contributed by atoms with E-state index in [2.05, 4.69) is 10.6 Å². The number of amides is 2. The molecule has 0 bridgehead atoms. The maximum atomic E-state index is 11.9. The first-order valence-corrected chi connectivity index (χ1v) is 9.35. The van der Waals surface area contributed by atoms with Crippen molar-refractivity contribution in [3.8, 4) is 0 Å². The topological polar surface area (TPSA) is 84.5 Å². The highest BCUT2D eigenvalue weighted by molar-refractivity contribution is 6.35. The fraction of sp³-hybridized carbons (Fsp3) is 0.250. The van der Waals surface area contributed by atoms with Gasteiger partial charge in [0.15, 0.2) is 6.61 Å². The lowest BCUT2D eigenvalue weighted by Crippen LogP contribution is -2.31. The van der Waals surface area contributed by atoms with E-state index in [-0.39, 0.29) is 18.9 Å². The van der Waals surface area contributed by atoms with Gasteiger partial charge in [0.1, 0.15) is 0 Å². The highest BCUT2D eigenvalue weighted by atomic mass is 35.5. The molecule has 0 saturated carbocycles. The lowest BCUT2D eigenvalue weighted by atomic mass is 10.1. The second-order valence-corrected chi connectivity index (χ2v) is 6.88. The van der Waals surface area contributed by atoms with Crippen LogP contribution in [-0.2, 0) is 19.1 Å². The highest BCUT2D eigenvalue weighted by Gasteiger charge is 2.14. The zero-order chi connectivity index (χ0) is 20.5. The summed E-state index contributed by atoms with van der Waals surface area (Å²) in [4.78, 5) is 35.6. The van der Waals surface area contributed by atoms with E-state index in [4.69, 9.17) is 27.9 Å². The highest BCUT2D eigenvalue weighted by Crippen LogP contribution is 2.25. The zero-order valence-corrected chi connectivity index (χ0v) is 16.7. The fourth-order valence-corrected chi connectivity index (χ4v) is 2.68.